The van der Waals surface area contributed by atoms with Crippen molar-refractivity contribution in [3.8, 4) is 5.75 Å². The van der Waals surface area contributed by atoms with Crippen molar-refractivity contribution in [2.45, 2.75) is 6.92 Å². The Bertz CT molecular complexity index is 774. The zero-order valence-corrected chi connectivity index (χ0v) is 13.9. The minimum atomic E-state index is -0.219. The molecule has 0 aromatic heterocycles. The van der Waals surface area contributed by atoms with Crippen molar-refractivity contribution in [1.82, 2.24) is 0 Å². The number of hydrogen-bond acceptors (Lipinski definition) is 3. The topological polar surface area (TPSA) is 67.4 Å². The third-order valence-electron chi connectivity index (χ3n) is 3.31. The van der Waals surface area contributed by atoms with E-state index in [1.54, 1.807) is 18.2 Å². The van der Waals surface area contributed by atoms with E-state index in [9.17, 15) is 9.59 Å². The zero-order valence-electron chi connectivity index (χ0n) is 11.8. The Hall–Kier alpha value is -2.09. The zero-order chi connectivity index (χ0) is 15.7. The second kappa shape index (κ2) is 5.96. The van der Waals surface area contributed by atoms with Crippen LogP contribution in [0, 0.1) is 10.5 Å². The quantitative estimate of drug-likeness (QED) is 0.751. The van der Waals surface area contributed by atoms with Gasteiger partial charge in [-0.2, -0.15) is 0 Å². The highest BCUT2D eigenvalue weighted by Crippen LogP contribution is 2.29. The highest BCUT2D eigenvalue weighted by molar-refractivity contribution is 14.1. The third-order valence-corrected chi connectivity index (χ3v) is 4.47. The number of benzene rings is 2. The van der Waals surface area contributed by atoms with E-state index in [1.165, 1.54) is 0 Å². The van der Waals surface area contributed by atoms with E-state index in [1.807, 2.05) is 25.1 Å². The minimum absolute atomic E-state index is 0.0335. The molecule has 1 aliphatic rings. The number of anilines is 2. The van der Waals surface area contributed by atoms with E-state index in [2.05, 4.69) is 33.2 Å². The van der Waals surface area contributed by atoms with Crippen LogP contribution in [-0.4, -0.2) is 18.4 Å². The maximum Gasteiger partial charge on any atom is 0.262 e. The van der Waals surface area contributed by atoms with E-state index < -0.39 is 0 Å². The number of rotatable bonds is 2. The van der Waals surface area contributed by atoms with Crippen LogP contribution in [0.2, 0.25) is 0 Å². The minimum Gasteiger partial charge on any atom is -0.482 e. The standard InChI is InChI=1S/C16H13IN2O3/c1-9-2-4-11(7-12(9)17)18-16(21)10-3-5-13-14(6-10)22-8-15(20)19-13/h2-7H,8H2,1H3,(H,18,21)(H,19,20). The Morgan fingerprint density at radius 3 is 2.86 bits per heavy atom. The predicted octanol–water partition coefficient (Wildman–Crippen LogP) is 3.18. The number of hydrogen-bond donors (Lipinski definition) is 2. The van der Waals surface area contributed by atoms with Crippen LogP contribution in [0.3, 0.4) is 0 Å². The second-order valence-electron chi connectivity index (χ2n) is 4.97. The summed E-state index contributed by atoms with van der Waals surface area (Å²) in [5.74, 6) is 0.0904. The summed E-state index contributed by atoms with van der Waals surface area (Å²) in [6, 6.07) is 10.7. The molecular weight excluding hydrogens is 395 g/mol. The molecule has 0 saturated carbocycles. The maximum atomic E-state index is 12.3. The number of nitrogens with one attached hydrogen (secondary N) is 2. The molecule has 5 nitrogen and oxygen atoms in total. The molecule has 2 aromatic carbocycles. The fraction of sp³-hybridized carbons (Fsp3) is 0.125. The van der Waals surface area contributed by atoms with Gasteiger partial charge in [-0.25, -0.2) is 0 Å². The first-order chi connectivity index (χ1) is 10.5. The number of fused-ring (bicyclic) bond motifs is 1. The summed E-state index contributed by atoms with van der Waals surface area (Å²) in [7, 11) is 0. The SMILES string of the molecule is Cc1ccc(NC(=O)c2ccc3c(c2)OCC(=O)N3)cc1I. The normalized spacial score (nSPS) is 12.9. The van der Waals surface area contributed by atoms with Crippen molar-refractivity contribution in [2.75, 3.05) is 17.2 Å². The molecule has 0 spiro atoms. The average molecular weight is 408 g/mol. The lowest BCUT2D eigenvalue weighted by Gasteiger charge is -2.18. The average Bonchev–Trinajstić information content (AvgIpc) is 2.50. The Balaban J connectivity index is 1.80. The van der Waals surface area contributed by atoms with E-state index in [0.29, 0.717) is 17.0 Å². The highest BCUT2D eigenvalue weighted by Gasteiger charge is 2.18. The van der Waals surface area contributed by atoms with E-state index in [-0.39, 0.29) is 18.4 Å². The monoisotopic (exact) mass is 408 g/mol. The summed E-state index contributed by atoms with van der Waals surface area (Å²) in [5.41, 5.74) is 2.96. The lowest BCUT2D eigenvalue weighted by molar-refractivity contribution is -0.118. The molecule has 2 amide bonds. The largest absolute Gasteiger partial charge is 0.482 e. The van der Waals surface area contributed by atoms with Crippen LogP contribution in [0.25, 0.3) is 0 Å². The van der Waals surface area contributed by atoms with Crippen LogP contribution < -0.4 is 15.4 Å². The molecule has 0 saturated heterocycles. The molecule has 0 atom stereocenters. The Morgan fingerprint density at radius 2 is 2.09 bits per heavy atom. The van der Waals surface area contributed by atoms with Crippen LogP contribution in [0.15, 0.2) is 36.4 Å². The van der Waals surface area contributed by atoms with Gasteiger partial charge in [0.1, 0.15) is 5.75 Å². The Morgan fingerprint density at radius 1 is 1.27 bits per heavy atom. The van der Waals surface area contributed by atoms with Gasteiger partial charge in [0.15, 0.2) is 6.61 Å². The fourth-order valence-electron chi connectivity index (χ4n) is 2.09. The van der Waals surface area contributed by atoms with Crippen LogP contribution in [-0.2, 0) is 4.79 Å². The number of carbonyl (C=O) groups is 2. The van der Waals surface area contributed by atoms with Crippen molar-refractivity contribution in [1.29, 1.82) is 0 Å². The molecule has 22 heavy (non-hydrogen) atoms. The van der Waals surface area contributed by atoms with Gasteiger partial charge < -0.3 is 15.4 Å². The van der Waals surface area contributed by atoms with Crippen molar-refractivity contribution in [3.05, 3.63) is 51.1 Å². The molecular formula is C16H13IN2O3. The molecule has 2 N–H and O–H groups in total. The van der Waals surface area contributed by atoms with Gasteiger partial charge in [-0.1, -0.05) is 6.07 Å². The van der Waals surface area contributed by atoms with Gasteiger partial charge in [-0.15, -0.1) is 0 Å². The summed E-state index contributed by atoms with van der Waals surface area (Å²) in [5, 5.41) is 5.55. The van der Waals surface area contributed by atoms with E-state index in [0.717, 1.165) is 14.8 Å². The van der Waals surface area contributed by atoms with Gasteiger partial charge in [-0.3, -0.25) is 9.59 Å². The van der Waals surface area contributed by atoms with Crippen LogP contribution in [0.5, 0.6) is 5.75 Å². The first kappa shape index (κ1) is 14.8. The summed E-state index contributed by atoms with van der Waals surface area (Å²) >= 11 is 2.23. The van der Waals surface area contributed by atoms with Gasteiger partial charge >= 0.3 is 0 Å². The van der Waals surface area contributed by atoms with Gasteiger partial charge in [0, 0.05) is 14.8 Å². The van der Waals surface area contributed by atoms with E-state index in [4.69, 9.17) is 4.74 Å². The summed E-state index contributed by atoms with van der Waals surface area (Å²) in [6.07, 6.45) is 0. The third kappa shape index (κ3) is 3.06. The molecule has 0 unspecified atom stereocenters. The summed E-state index contributed by atoms with van der Waals surface area (Å²) in [6.45, 7) is 1.98. The summed E-state index contributed by atoms with van der Waals surface area (Å²) < 4.78 is 6.41. The van der Waals surface area contributed by atoms with Crippen LogP contribution >= 0.6 is 22.6 Å². The molecule has 0 aliphatic carbocycles. The molecule has 0 fully saturated rings. The number of amides is 2. The van der Waals surface area contributed by atoms with Crippen LogP contribution in [0.4, 0.5) is 11.4 Å². The molecule has 3 rings (SSSR count). The lowest BCUT2D eigenvalue weighted by Crippen LogP contribution is -2.25. The molecule has 1 aliphatic heterocycles. The lowest BCUT2D eigenvalue weighted by atomic mass is 10.1. The maximum absolute atomic E-state index is 12.3. The Labute approximate surface area is 141 Å². The Kier molecular flexibility index (Phi) is 4.02. The van der Waals surface area contributed by atoms with Crippen molar-refractivity contribution >= 4 is 45.8 Å². The van der Waals surface area contributed by atoms with Gasteiger partial charge in [0.25, 0.3) is 11.8 Å². The first-order valence-electron chi connectivity index (χ1n) is 6.67. The molecule has 1 heterocycles. The number of ether oxygens (including phenoxy) is 1. The number of carbonyl (C=O) groups excluding carboxylic acids is 2. The highest BCUT2D eigenvalue weighted by atomic mass is 127. The van der Waals surface area contributed by atoms with Crippen molar-refractivity contribution in [3.63, 3.8) is 0 Å². The van der Waals surface area contributed by atoms with E-state index >= 15 is 0 Å². The molecule has 0 bridgehead atoms. The number of halogens is 1. The smallest absolute Gasteiger partial charge is 0.262 e. The van der Waals surface area contributed by atoms with Gasteiger partial charge in [0.2, 0.25) is 0 Å². The molecule has 2 aromatic rings. The fourth-order valence-corrected chi connectivity index (χ4v) is 2.61. The second-order valence-corrected chi connectivity index (χ2v) is 6.13. The van der Waals surface area contributed by atoms with Crippen LogP contribution in [0.1, 0.15) is 15.9 Å². The predicted molar refractivity (Wildman–Crippen MR) is 92.4 cm³/mol. The number of aryl methyl sites for hydroxylation is 1. The molecule has 6 heteroatoms. The summed E-state index contributed by atoms with van der Waals surface area (Å²) in [4.78, 5) is 23.5. The first-order valence-corrected chi connectivity index (χ1v) is 7.75. The van der Waals surface area contributed by atoms with Gasteiger partial charge in [-0.05, 0) is 65.4 Å². The van der Waals surface area contributed by atoms with Crippen molar-refractivity contribution in [2.24, 2.45) is 0 Å². The van der Waals surface area contributed by atoms with Crippen molar-refractivity contribution < 1.29 is 14.3 Å². The molecule has 0 radical (unpaired) electrons. The van der Waals surface area contributed by atoms with Gasteiger partial charge in [0.05, 0.1) is 5.69 Å². The molecule has 112 valence electrons.